The Bertz CT molecular complexity index is 1490. The zero-order chi connectivity index (χ0) is 30.3. The summed E-state index contributed by atoms with van der Waals surface area (Å²) < 4.78 is 1.76. The number of unbranched alkanes of at least 4 members (excludes halogenated alkanes) is 4. The maximum atomic E-state index is 13.5. The zero-order valence-corrected chi connectivity index (χ0v) is 25.6. The Hall–Kier alpha value is -3.66. The molecule has 3 aromatic rings. The van der Waals surface area contributed by atoms with E-state index in [9.17, 15) is 14.4 Å². The topological polar surface area (TPSA) is 122 Å². The number of piperazine rings is 1. The minimum Gasteiger partial charge on any atom is -0.481 e. The van der Waals surface area contributed by atoms with Gasteiger partial charge in [0.2, 0.25) is 0 Å². The monoisotopic (exact) mass is 588 g/mol. The SMILES string of the molecule is CC(=O)c1c(C)c2cnc(Cc3ccc(N4CCN(CCCCCCCC(=O)O)CC4)cn3)nc2n(C2CCCC2)c1=O. The van der Waals surface area contributed by atoms with Crippen molar-refractivity contribution in [3.8, 4) is 0 Å². The largest absolute Gasteiger partial charge is 0.481 e. The molecule has 0 unspecified atom stereocenters. The average molecular weight is 589 g/mol. The first-order chi connectivity index (χ1) is 20.8. The highest BCUT2D eigenvalue weighted by Crippen LogP contribution is 2.31. The Balaban J connectivity index is 1.19. The second-order valence-corrected chi connectivity index (χ2v) is 12.1. The molecule has 230 valence electrons. The second kappa shape index (κ2) is 14.2. The molecule has 0 bridgehead atoms. The molecular formula is C33H44N6O4. The molecule has 5 rings (SSSR count). The first kappa shape index (κ1) is 30.8. The lowest BCUT2D eigenvalue weighted by atomic mass is 10.0. The number of nitrogens with zero attached hydrogens (tertiary/aromatic N) is 6. The van der Waals surface area contributed by atoms with Crippen LogP contribution in [0.25, 0.3) is 11.0 Å². The lowest BCUT2D eigenvalue weighted by Gasteiger charge is -2.36. The van der Waals surface area contributed by atoms with Gasteiger partial charge in [0.1, 0.15) is 11.5 Å². The summed E-state index contributed by atoms with van der Waals surface area (Å²) >= 11 is 0. The summed E-state index contributed by atoms with van der Waals surface area (Å²) in [4.78, 5) is 55.6. The normalized spacial score (nSPS) is 16.3. The molecule has 1 aliphatic heterocycles. The van der Waals surface area contributed by atoms with Gasteiger partial charge in [0.25, 0.3) is 5.56 Å². The molecule has 1 N–H and O–H groups in total. The third kappa shape index (κ3) is 7.47. The van der Waals surface area contributed by atoms with Crippen molar-refractivity contribution in [3.63, 3.8) is 0 Å². The molecule has 1 aliphatic carbocycles. The number of carboxylic acids is 1. The van der Waals surface area contributed by atoms with Gasteiger partial charge in [-0.3, -0.25) is 28.8 Å². The van der Waals surface area contributed by atoms with Crippen molar-refractivity contribution < 1.29 is 14.7 Å². The van der Waals surface area contributed by atoms with Crippen LogP contribution in [0.1, 0.15) is 105 Å². The third-order valence-corrected chi connectivity index (χ3v) is 9.05. The number of Topliss-reactive ketones (excluding diaryl/α,β-unsaturated/α-hetero) is 1. The molecule has 10 heteroatoms. The highest BCUT2D eigenvalue weighted by atomic mass is 16.4. The van der Waals surface area contributed by atoms with E-state index < -0.39 is 5.97 Å². The van der Waals surface area contributed by atoms with Crippen LogP contribution in [0.2, 0.25) is 0 Å². The third-order valence-electron chi connectivity index (χ3n) is 9.05. The molecule has 0 atom stereocenters. The minimum absolute atomic E-state index is 0.0600. The number of fused-ring (bicyclic) bond motifs is 1. The van der Waals surface area contributed by atoms with E-state index in [4.69, 9.17) is 15.1 Å². The standard InChI is InChI=1S/C33H44N6O4/c1-23-28-22-35-29(36-32(28)39(26-10-7-8-11-26)33(43)31(23)24(2)40)20-25-13-14-27(21-34-25)38-18-16-37(17-19-38)15-9-5-3-4-6-12-30(41)42/h13-14,21-22,26H,3-12,15-20H2,1-2H3,(H,41,42). The summed E-state index contributed by atoms with van der Waals surface area (Å²) in [6, 6.07) is 4.21. The predicted molar refractivity (Wildman–Crippen MR) is 167 cm³/mol. The van der Waals surface area contributed by atoms with E-state index in [2.05, 4.69) is 20.9 Å². The van der Waals surface area contributed by atoms with E-state index >= 15 is 0 Å². The molecule has 2 aliphatic rings. The molecule has 1 saturated carbocycles. The zero-order valence-electron chi connectivity index (χ0n) is 25.6. The number of ketones is 1. The lowest BCUT2D eigenvalue weighted by Crippen LogP contribution is -2.46. The number of aryl methyl sites for hydroxylation is 1. The van der Waals surface area contributed by atoms with Crippen LogP contribution in [0.3, 0.4) is 0 Å². The number of rotatable bonds is 13. The van der Waals surface area contributed by atoms with Crippen LogP contribution in [0.5, 0.6) is 0 Å². The molecule has 0 spiro atoms. The summed E-state index contributed by atoms with van der Waals surface area (Å²) in [5, 5.41) is 9.50. The van der Waals surface area contributed by atoms with Gasteiger partial charge >= 0.3 is 5.97 Å². The molecule has 1 saturated heterocycles. The van der Waals surface area contributed by atoms with E-state index in [1.165, 1.54) is 6.92 Å². The number of hydrogen-bond acceptors (Lipinski definition) is 8. The molecule has 2 fully saturated rings. The van der Waals surface area contributed by atoms with Gasteiger partial charge < -0.3 is 10.0 Å². The maximum Gasteiger partial charge on any atom is 0.303 e. The average Bonchev–Trinajstić information content (AvgIpc) is 3.52. The Kier molecular flexibility index (Phi) is 10.2. The number of anilines is 1. The fourth-order valence-electron chi connectivity index (χ4n) is 6.61. The second-order valence-electron chi connectivity index (χ2n) is 12.1. The molecule has 0 radical (unpaired) electrons. The first-order valence-electron chi connectivity index (χ1n) is 15.9. The quantitative estimate of drug-likeness (QED) is 0.218. The van der Waals surface area contributed by atoms with Crippen molar-refractivity contribution in [1.82, 2.24) is 24.4 Å². The van der Waals surface area contributed by atoms with Gasteiger partial charge in [0.15, 0.2) is 5.78 Å². The number of aromatic nitrogens is 4. The van der Waals surface area contributed by atoms with Gasteiger partial charge in [-0.25, -0.2) is 9.97 Å². The Morgan fingerprint density at radius 1 is 0.953 bits per heavy atom. The van der Waals surface area contributed by atoms with Gasteiger partial charge in [-0.15, -0.1) is 0 Å². The van der Waals surface area contributed by atoms with Gasteiger partial charge in [-0.05, 0) is 63.8 Å². The van der Waals surface area contributed by atoms with Crippen LogP contribution >= 0.6 is 0 Å². The highest BCUT2D eigenvalue weighted by Gasteiger charge is 2.26. The van der Waals surface area contributed by atoms with Crippen molar-refractivity contribution >= 4 is 28.5 Å². The van der Waals surface area contributed by atoms with Crippen LogP contribution < -0.4 is 10.5 Å². The summed E-state index contributed by atoms with van der Waals surface area (Å²) in [5.41, 5.74) is 3.28. The van der Waals surface area contributed by atoms with Crippen LogP contribution in [-0.4, -0.2) is 74.0 Å². The van der Waals surface area contributed by atoms with E-state index in [1.54, 1.807) is 10.8 Å². The van der Waals surface area contributed by atoms with Gasteiger partial charge in [0, 0.05) is 55.9 Å². The summed E-state index contributed by atoms with van der Waals surface area (Å²) in [5.74, 6) is -0.300. The number of hydrogen-bond donors (Lipinski definition) is 1. The number of aliphatic carboxylic acids is 1. The van der Waals surface area contributed by atoms with Crippen molar-refractivity contribution in [2.24, 2.45) is 0 Å². The van der Waals surface area contributed by atoms with Crippen molar-refractivity contribution in [2.75, 3.05) is 37.6 Å². The molecule has 4 heterocycles. The molecule has 0 amide bonds. The molecular weight excluding hydrogens is 544 g/mol. The van der Waals surface area contributed by atoms with Crippen LogP contribution in [0.4, 0.5) is 5.69 Å². The van der Waals surface area contributed by atoms with Crippen LogP contribution in [-0.2, 0) is 11.2 Å². The van der Waals surface area contributed by atoms with E-state index in [0.29, 0.717) is 23.5 Å². The van der Waals surface area contributed by atoms with Gasteiger partial charge in [-0.1, -0.05) is 32.1 Å². The first-order valence-corrected chi connectivity index (χ1v) is 15.9. The fourth-order valence-corrected chi connectivity index (χ4v) is 6.61. The Morgan fingerprint density at radius 2 is 1.67 bits per heavy atom. The molecule has 43 heavy (non-hydrogen) atoms. The smallest absolute Gasteiger partial charge is 0.303 e. The number of carbonyl (C=O) groups excluding carboxylic acids is 1. The molecule has 3 aromatic heterocycles. The van der Waals surface area contributed by atoms with Crippen LogP contribution in [0, 0.1) is 6.92 Å². The van der Waals surface area contributed by atoms with Gasteiger partial charge in [0.05, 0.1) is 23.9 Å². The predicted octanol–water partition coefficient (Wildman–Crippen LogP) is 4.95. The van der Waals surface area contributed by atoms with Gasteiger partial charge in [-0.2, -0.15) is 0 Å². The summed E-state index contributed by atoms with van der Waals surface area (Å²) in [7, 11) is 0. The summed E-state index contributed by atoms with van der Waals surface area (Å²) in [6.07, 6.45) is 13.6. The van der Waals surface area contributed by atoms with E-state index in [-0.39, 0.29) is 29.4 Å². The van der Waals surface area contributed by atoms with E-state index in [1.807, 2.05) is 19.2 Å². The number of carboxylic acid groups (broad SMARTS) is 1. The van der Waals surface area contributed by atoms with Crippen LogP contribution in [0.15, 0.2) is 29.3 Å². The van der Waals surface area contributed by atoms with Crippen molar-refractivity contribution in [1.29, 1.82) is 0 Å². The highest BCUT2D eigenvalue weighted by molar-refractivity contribution is 5.99. The molecule has 0 aromatic carbocycles. The van der Waals surface area contributed by atoms with Crippen molar-refractivity contribution in [3.05, 3.63) is 57.5 Å². The fraction of sp³-hybridized carbons (Fsp3) is 0.576. The lowest BCUT2D eigenvalue weighted by molar-refractivity contribution is -0.137. The number of carbonyl (C=O) groups is 2. The maximum absolute atomic E-state index is 13.5. The van der Waals surface area contributed by atoms with E-state index in [0.717, 1.165) is 107 Å². The summed E-state index contributed by atoms with van der Waals surface area (Å²) in [6.45, 7) is 8.35. The Morgan fingerprint density at radius 3 is 2.35 bits per heavy atom. The Labute approximate surface area is 253 Å². The molecule has 10 nitrogen and oxygen atoms in total. The minimum atomic E-state index is -0.700. The number of pyridine rings is 2. The van der Waals surface area contributed by atoms with Crippen molar-refractivity contribution in [2.45, 2.75) is 90.5 Å².